The molecule has 158 valence electrons. The minimum Gasteiger partial charge on any atom is -0.348 e. The van der Waals surface area contributed by atoms with Gasteiger partial charge >= 0.3 is 0 Å². The van der Waals surface area contributed by atoms with Gasteiger partial charge in [-0.1, -0.05) is 49.2 Å². The molecule has 0 spiro atoms. The van der Waals surface area contributed by atoms with Crippen molar-refractivity contribution in [2.75, 3.05) is 14.1 Å². The molecule has 0 saturated heterocycles. The maximum atomic E-state index is 11.9. The van der Waals surface area contributed by atoms with E-state index in [1.165, 1.54) is 32.1 Å². The second-order valence-corrected chi connectivity index (χ2v) is 9.71. The molecule has 2 heterocycles. The number of amides is 1. The fourth-order valence-electron chi connectivity index (χ4n) is 3.67. The van der Waals surface area contributed by atoms with Gasteiger partial charge in [-0.3, -0.25) is 4.79 Å². The Morgan fingerprint density at radius 2 is 1.93 bits per heavy atom. The summed E-state index contributed by atoms with van der Waals surface area (Å²) in [5.74, 6) is 2.34. The van der Waals surface area contributed by atoms with Crippen molar-refractivity contribution in [3.63, 3.8) is 0 Å². The number of para-hydroxylation sites is 1. The maximum Gasteiger partial charge on any atom is 0.228 e. The predicted octanol–water partition coefficient (Wildman–Crippen LogP) is 4.69. The topological polar surface area (TPSA) is 63.9 Å². The summed E-state index contributed by atoms with van der Waals surface area (Å²) in [4.78, 5) is 23.0. The lowest BCUT2D eigenvalue weighted by molar-refractivity contribution is -0.127. The first-order valence-electron chi connectivity index (χ1n) is 10.4. The molecule has 4 rings (SSSR count). The lowest BCUT2D eigenvalue weighted by Gasteiger charge is -2.21. The monoisotopic (exact) mass is 441 g/mol. The van der Waals surface area contributed by atoms with Crippen molar-refractivity contribution in [3.05, 3.63) is 52.2 Å². The van der Waals surface area contributed by atoms with Crippen molar-refractivity contribution in [2.24, 2.45) is 0 Å². The van der Waals surface area contributed by atoms with E-state index >= 15 is 0 Å². The number of benzene rings is 1. The third kappa shape index (κ3) is 5.10. The molecule has 30 heavy (non-hydrogen) atoms. The Balaban J connectivity index is 1.49. The van der Waals surface area contributed by atoms with Crippen LogP contribution in [0.4, 0.5) is 0 Å². The van der Waals surface area contributed by atoms with Crippen LogP contribution in [0.25, 0.3) is 5.69 Å². The number of rotatable bonds is 7. The highest BCUT2D eigenvalue weighted by Gasteiger charge is 2.23. The molecular formula is C22H27N5OS2. The number of hydrogen-bond donors (Lipinski definition) is 0. The van der Waals surface area contributed by atoms with E-state index < -0.39 is 0 Å². The van der Waals surface area contributed by atoms with Gasteiger partial charge in [0, 0.05) is 31.1 Å². The van der Waals surface area contributed by atoms with E-state index in [1.807, 2.05) is 28.3 Å². The van der Waals surface area contributed by atoms with Crippen LogP contribution in [-0.4, -0.2) is 44.7 Å². The number of hydrogen-bond acceptors (Lipinski definition) is 6. The Hall–Kier alpha value is -2.19. The number of thiazole rings is 1. The van der Waals surface area contributed by atoms with E-state index in [2.05, 4.69) is 17.1 Å². The number of aromatic nitrogens is 4. The van der Waals surface area contributed by atoms with Gasteiger partial charge in [-0.15, -0.1) is 16.4 Å². The van der Waals surface area contributed by atoms with Gasteiger partial charge in [0.1, 0.15) is 10.8 Å². The van der Waals surface area contributed by atoms with Crippen molar-refractivity contribution in [2.45, 2.75) is 55.4 Å². The molecule has 1 aliphatic rings. The molecule has 6 nitrogen and oxygen atoms in total. The highest BCUT2D eigenvalue weighted by Crippen LogP contribution is 2.34. The Morgan fingerprint density at radius 3 is 2.67 bits per heavy atom. The zero-order valence-corrected chi connectivity index (χ0v) is 19.1. The summed E-state index contributed by atoms with van der Waals surface area (Å²) in [7, 11) is 3.54. The van der Waals surface area contributed by atoms with E-state index in [4.69, 9.17) is 10.1 Å². The molecule has 1 aliphatic carbocycles. The average Bonchev–Trinajstić information content (AvgIpc) is 3.40. The molecule has 1 fully saturated rings. The summed E-state index contributed by atoms with van der Waals surface area (Å²) in [6.45, 7) is 0. The molecular weight excluding hydrogens is 414 g/mol. The third-order valence-corrected chi connectivity index (χ3v) is 7.10. The van der Waals surface area contributed by atoms with E-state index in [9.17, 15) is 4.79 Å². The minimum atomic E-state index is 0.0731. The lowest BCUT2D eigenvalue weighted by atomic mass is 9.88. The molecule has 8 heteroatoms. The van der Waals surface area contributed by atoms with Gasteiger partial charge in [-0.25, -0.2) is 14.6 Å². The number of carbonyl (C=O) groups is 1. The van der Waals surface area contributed by atoms with Crippen LogP contribution >= 0.6 is 23.1 Å². The number of nitrogens with zero attached hydrogens (tertiary/aromatic N) is 5. The quantitative estimate of drug-likeness (QED) is 0.498. The third-order valence-electron chi connectivity index (χ3n) is 5.33. The highest BCUT2D eigenvalue weighted by atomic mass is 32.2. The van der Waals surface area contributed by atoms with Gasteiger partial charge in [0.25, 0.3) is 0 Å². The molecule has 3 aromatic rings. The van der Waals surface area contributed by atoms with Crippen LogP contribution in [0, 0.1) is 0 Å². The zero-order valence-electron chi connectivity index (χ0n) is 17.5. The summed E-state index contributed by atoms with van der Waals surface area (Å²) in [5, 5.41) is 8.51. The molecule has 0 N–H and O–H groups in total. The fourth-order valence-corrected chi connectivity index (χ4v) is 5.28. The van der Waals surface area contributed by atoms with Gasteiger partial charge < -0.3 is 4.90 Å². The SMILES string of the molecule is CN(C)C(=O)Cc1nc(CSc2nc(C3CCCCC3)n(-c3ccccc3)n2)cs1. The average molecular weight is 442 g/mol. The van der Waals surface area contributed by atoms with E-state index in [0.717, 1.165) is 27.4 Å². The van der Waals surface area contributed by atoms with Crippen LogP contribution in [0.15, 0.2) is 40.9 Å². The predicted molar refractivity (Wildman–Crippen MR) is 121 cm³/mol. The van der Waals surface area contributed by atoms with Crippen molar-refractivity contribution in [3.8, 4) is 5.69 Å². The van der Waals surface area contributed by atoms with Crippen molar-refractivity contribution >= 4 is 29.0 Å². The van der Waals surface area contributed by atoms with E-state index in [0.29, 0.717) is 18.1 Å². The summed E-state index contributed by atoms with van der Waals surface area (Å²) in [5.41, 5.74) is 2.04. The molecule has 0 bridgehead atoms. The van der Waals surface area contributed by atoms with E-state index in [-0.39, 0.29) is 5.91 Å². The summed E-state index contributed by atoms with van der Waals surface area (Å²) in [6, 6.07) is 10.3. The first-order chi connectivity index (χ1) is 14.6. The zero-order chi connectivity index (χ0) is 20.9. The molecule has 2 aromatic heterocycles. The Morgan fingerprint density at radius 1 is 1.17 bits per heavy atom. The molecule has 0 aliphatic heterocycles. The molecule has 1 amide bonds. The Kier molecular flexibility index (Phi) is 6.84. The minimum absolute atomic E-state index is 0.0731. The largest absolute Gasteiger partial charge is 0.348 e. The summed E-state index contributed by atoms with van der Waals surface area (Å²) >= 11 is 3.15. The number of likely N-dealkylation sites (N-methyl/N-ethyl adjacent to an activating group) is 1. The first kappa shape index (κ1) is 21.1. The van der Waals surface area contributed by atoms with Crippen LogP contribution in [0.1, 0.15) is 54.5 Å². The van der Waals surface area contributed by atoms with Gasteiger partial charge in [0.2, 0.25) is 11.1 Å². The standard InChI is InChI=1S/C22H27N5OS2/c1-26(2)20(28)13-19-23-17(14-29-19)15-30-22-24-21(16-9-5-3-6-10-16)27(25-22)18-11-7-4-8-12-18/h4,7-8,11-12,14,16H,3,5-6,9-10,13,15H2,1-2H3. The Labute approximate surface area is 185 Å². The lowest BCUT2D eigenvalue weighted by Crippen LogP contribution is -2.23. The van der Waals surface area contributed by atoms with Crippen molar-refractivity contribution in [1.82, 2.24) is 24.6 Å². The molecule has 1 aromatic carbocycles. The molecule has 0 unspecified atom stereocenters. The summed E-state index contributed by atoms with van der Waals surface area (Å²) < 4.78 is 2.03. The van der Waals surface area contributed by atoms with Crippen molar-refractivity contribution in [1.29, 1.82) is 0 Å². The van der Waals surface area contributed by atoms with Gasteiger partial charge in [-0.2, -0.15) is 0 Å². The van der Waals surface area contributed by atoms with Crippen LogP contribution in [0.5, 0.6) is 0 Å². The Bertz CT molecular complexity index is 977. The van der Waals surface area contributed by atoms with E-state index in [1.54, 1.807) is 42.1 Å². The summed E-state index contributed by atoms with van der Waals surface area (Å²) in [6.07, 6.45) is 6.58. The molecule has 0 radical (unpaired) electrons. The first-order valence-corrected chi connectivity index (χ1v) is 12.3. The second-order valence-electron chi connectivity index (χ2n) is 7.82. The highest BCUT2D eigenvalue weighted by molar-refractivity contribution is 7.98. The smallest absolute Gasteiger partial charge is 0.228 e. The fraction of sp³-hybridized carbons (Fsp3) is 0.455. The van der Waals surface area contributed by atoms with Gasteiger partial charge in [-0.05, 0) is 25.0 Å². The second kappa shape index (κ2) is 9.75. The normalized spacial score (nSPS) is 14.7. The van der Waals surface area contributed by atoms with Crippen molar-refractivity contribution < 1.29 is 4.79 Å². The van der Waals surface area contributed by atoms with Crippen LogP contribution in [0.2, 0.25) is 0 Å². The molecule has 0 atom stereocenters. The van der Waals surface area contributed by atoms with Crippen LogP contribution in [-0.2, 0) is 17.0 Å². The van der Waals surface area contributed by atoms with Crippen LogP contribution < -0.4 is 0 Å². The van der Waals surface area contributed by atoms with Gasteiger partial charge in [0.15, 0.2) is 0 Å². The molecule has 1 saturated carbocycles. The van der Waals surface area contributed by atoms with Gasteiger partial charge in [0.05, 0.1) is 17.8 Å². The number of carbonyl (C=O) groups excluding carboxylic acids is 1. The number of thioether (sulfide) groups is 1. The maximum absolute atomic E-state index is 11.9. The van der Waals surface area contributed by atoms with Crippen LogP contribution in [0.3, 0.4) is 0 Å².